The van der Waals surface area contributed by atoms with Gasteiger partial charge in [-0.1, -0.05) is 35.5 Å². The molecule has 0 aliphatic carbocycles. The van der Waals surface area contributed by atoms with Crippen LogP contribution in [-0.4, -0.2) is 0 Å². The quantitative estimate of drug-likeness (QED) is 0.926. The second kappa shape index (κ2) is 5.92. The van der Waals surface area contributed by atoms with Crippen molar-refractivity contribution in [1.82, 2.24) is 0 Å². The van der Waals surface area contributed by atoms with Crippen LogP contribution in [0.5, 0.6) is 0 Å². The summed E-state index contributed by atoms with van der Waals surface area (Å²) in [5, 5.41) is 9.83. The molecule has 0 fully saturated rings. The second-order valence-corrected chi connectivity index (χ2v) is 5.26. The van der Waals surface area contributed by atoms with Crippen molar-refractivity contribution in [2.24, 2.45) is 5.73 Å². The normalized spacial score (nSPS) is 10.1. The van der Waals surface area contributed by atoms with Crippen LogP contribution in [0, 0.1) is 11.3 Å². The van der Waals surface area contributed by atoms with Crippen molar-refractivity contribution in [3.63, 3.8) is 0 Å². The molecule has 0 aliphatic heterocycles. The minimum absolute atomic E-state index is 0.441. The zero-order chi connectivity index (χ0) is 13.0. The number of halogens is 1. The molecule has 0 heterocycles. The minimum Gasteiger partial charge on any atom is -0.326 e. The molecule has 0 spiro atoms. The van der Waals surface area contributed by atoms with Gasteiger partial charge in [0.15, 0.2) is 0 Å². The van der Waals surface area contributed by atoms with Crippen LogP contribution in [0.25, 0.3) is 0 Å². The van der Waals surface area contributed by atoms with Crippen molar-refractivity contribution in [2.75, 3.05) is 0 Å². The first-order valence-corrected chi connectivity index (χ1v) is 6.59. The topological polar surface area (TPSA) is 49.8 Å². The SMILES string of the molecule is N#Cc1cc(CN)ccc1Sc1cccc(Cl)c1. The Morgan fingerprint density at radius 3 is 2.72 bits per heavy atom. The van der Waals surface area contributed by atoms with E-state index >= 15 is 0 Å². The standard InChI is InChI=1S/C14H11ClN2S/c15-12-2-1-3-13(7-12)18-14-5-4-10(8-16)6-11(14)9-17/h1-7H,8,16H2. The van der Waals surface area contributed by atoms with Gasteiger partial charge in [0.1, 0.15) is 6.07 Å². The average Bonchev–Trinajstić information content (AvgIpc) is 2.39. The molecule has 2 aromatic carbocycles. The molecule has 90 valence electrons. The van der Waals surface area contributed by atoms with E-state index in [1.807, 2.05) is 42.5 Å². The lowest BCUT2D eigenvalue weighted by Crippen LogP contribution is -1.96. The fraction of sp³-hybridized carbons (Fsp3) is 0.0714. The van der Waals surface area contributed by atoms with Crippen LogP contribution in [0.4, 0.5) is 0 Å². The van der Waals surface area contributed by atoms with Crippen LogP contribution in [0.1, 0.15) is 11.1 Å². The van der Waals surface area contributed by atoms with E-state index in [9.17, 15) is 0 Å². The van der Waals surface area contributed by atoms with Crippen molar-refractivity contribution in [3.05, 3.63) is 58.6 Å². The van der Waals surface area contributed by atoms with Gasteiger partial charge in [0, 0.05) is 21.4 Å². The van der Waals surface area contributed by atoms with Gasteiger partial charge in [-0.25, -0.2) is 0 Å². The third kappa shape index (κ3) is 3.05. The Balaban J connectivity index is 2.32. The number of nitrogens with zero attached hydrogens (tertiary/aromatic N) is 1. The molecule has 0 saturated carbocycles. The van der Waals surface area contributed by atoms with Gasteiger partial charge in [-0.3, -0.25) is 0 Å². The molecule has 0 unspecified atom stereocenters. The maximum absolute atomic E-state index is 9.14. The summed E-state index contributed by atoms with van der Waals surface area (Å²) in [7, 11) is 0. The van der Waals surface area contributed by atoms with E-state index in [1.54, 1.807) is 0 Å². The van der Waals surface area contributed by atoms with Crippen molar-refractivity contribution in [1.29, 1.82) is 5.26 Å². The predicted octanol–water partition coefficient (Wildman–Crippen LogP) is 3.82. The molecular weight excluding hydrogens is 264 g/mol. The van der Waals surface area contributed by atoms with Gasteiger partial charge in [0.25, 0.3) is 0 Å². The van der Waals surface area contributed by atoms with E-state index in [2.05, 4.69) is 6.07 Å². The van der Waals surface area contributed by atoms with Crippen molar-refractivity contribution in [2.45, 2.75) is 16.3 Å². The monoisotopic (exact) mass is 274 g/mol. The molecule has 0 radical (unpaired) electrons. The highest BCUT2D eigenvalue weighted by Gasteiger charge is 2.05. The molecule has 0 atom stereocenters. The molecule has 2 N–H and O–H groups in total. The summed E-state index contributed by atoms with van der Waals surface area (Å²) in [5.41, 5.74) is 7.16. The number of rotatable bonds is 3. The smallest absolute Gasteiger partial charge is 0.100 e. The summed E-state index contributed by atoms with van der Waals surface area (Å²) in [6, 6.07) is 15.5. The molecular formula is C14H11ClN2S. The Kier molecular flexibility index (Phi) is 4.27. The van der Waals surface area contributed by atoms with Gasteiger partial charge in [0.2, 0.25) is 0 Å². The fourth-order valence-electron chi connectivity index (χ4n) is 1.54. The van der Waals surface area contributed by atoms with Crippen molar-refractivity contribution in [3.8, 4) is 6.07 Å². The Labute approximate surface area is 115 Å². The maximum Gasteiger partial charge on any atom is 0.100 e. The summed E-state index contributed by atoms with van der Waals surface area (Å²) in [4.78, 5) is 1.93. The summed E-state index contributed by atoms with van der Waals surface area (Å²) in [6.07, 6.45) is 0. The minimum atomic E-state index is 0.441. The van der Waals surface area contributed by atoms with Crippen LogP contribution < -0.4 is 5.73 Å². The molecule has 0 amide bonds. The lowest BCUT2D eigenvalue weighted by atomic mass is 10.1. The van der Waals surface area contributed by atoms with Crippen molar-refractivity contribution >= 4 is 23.4 Å². The zero-order valence-electron chi connectivity index (χ0n) is 9.56. The third-order valence-electron chi connectivity index (χ3n) is 2.42. The van der Waals surface area contributed by atoms with E-state index < -0.39 is 0 Å². The highest BCUT2D eigenvalue weighted by Crippen LogP contribution is 2.32. The molecule has 0 saturated heterocycles. The van der Waals surface area contributed by atoms with E-state index in [4.69, 9.17) is 22.6 Å². The summed E-state index contributed by atoms with van der Waals surface area (Å²) >= 11 is 7.46. The number of nitriles is 1. The molecule has 0 bridgehead atoms. The molecule has 2 nitrogen and oxygen atoms in total. The Hall–Kier alpha value is -1.47. The second-order valence-electron chi connectivity index (χ2n) is 3.71. The summed E-state index contributed by atoms with van der Waals surface area (Å²) in [5.74, 6) is 0. The third-order valence-corrected chi connectivity index (χ3v) is 3.72. The van der Waals surface area contributed by atoms with Crippen molar-refractivity contribution < 1.29 is 0 Å². The Bertz CT molecular complexity index is 605. The van der Waals surface area contributed by atoms with E-state index in [0.29, 0.717) is 17.1 Å². The molecule has 4 heteroatoms. The Morgan fingerprint density at radius 2 is 2.06 bits per heavy atom. The molecule has 18 heavy (non-hydrogen) atoms. The maximum atomic E-state index is 9.14. The predicted molar refractivity (Wildman–Crippen MR) is 74.6 cm³/mol. The lowest BCUT2D eigenvalue weighted by Gasteiger charge is -2.06. The molecule has 0 aliphatic rings. The molecule has 2 rings (SSSR count). The number of benzene rings is 2. The summed E-state index contributed by atoms with van der Waals surface area (Å²) < 4.78 is 0. The first kappa shape index (κ1) is 13.0. The lowest BCUT2D eigenvalue weighted by molar-refractivity contribution is 1.06. The van der Waals surface area contributed by atoms with Crippen LogP contribution in [0.15, 0.2) is 52.3 Å². The average molecular weight is 275 g/mol. The van der Waals surface area contributed by atoms with E-state index in [-0.39, 0.29) is 0 Å². The molecule has 0 aromatic heterocycles. The van der Waals surface area contributed by atoms with Gasteiger partial charge in [-0.05, 0) is 35.9 Å². The largest absolute Gasteiger partial charge is 0.326 e. The zero-order valence-corrected chi connectivity index (χ0v) is 11.1. The Morgan fingerprint density at radius 1 is 1.22 bits per heavy atom. The highest BCUT2D eigenvalue weighted by molar-refractivity contribution is 7.99. The van der Waals surface area contributed by atoms with Gasteiger partial charge in [-0.2, -0.15) is 5.26 Å². The molecule has 2 aromatic rings. The van der Waals surface area contributed by atoms with Gasteiger partial charge >= 0.3 is 0 Å². The van der Waals surface area contributed by atoms with Crippen LogP contribution >= 0.6 is 23.4 Å². The van der Waals surface area contributed by atoms with E-state index in [0.717, 1.165) is 15.4 Å². The van der Waals surface area contributed by atoms with Gasteiger partial charge in [0.05, 0.1) is 5.56 Å². The van der Waals surface area contributed by atoms with Gasteiger partial charge in [-0.15, -0.1) is 0 Å². The number of nitrogens with two attached hydrogens (primary N) is 1. The van der Waals surface area contributed by atoms with Crippen LogP contribution in [0.2, 0.25) is 5.02 Å². The first-order chi connectivity index (χ1) is 8.72. The fourth-order valence-corrected chi connectivity index (χ4v) is 2.73. The summed E-state index contributed by atoms with van der Waals surface area (Å²) in [6.45, 7) is 0.441. The van der Waals surface area contributed by atoms with E-state index in [1.165, 1.54) is 11.8 Å². The number of hydrogen-bond donors (Lipinski definition) is 1. The van der Waals surface area contributed by atoms with Gasteiger partial charge < -0.3 is 5.73 Å². The number of hydrogen-bond acceptors (Lipinski definition) is 3. The van der Waals surface area contributed by atoms with Crippen LogP contribution in [-0.2, 0) is 6.54 Å². The van der Waals surface area contributed by atoms with Crippen LogP contribution in [0.3, 0.4) is 0 Å². The first-order valence-electron chi connectivity index (χ1n) is 5.39. The highest BCUT2D eigenvalue weighted by atomic mass is 35.5.